The molecule has 3 aromatic carbocycles. The van der Waals surface area contributed by atoms with Gasteiger partial charge >= 0.3 is 5.97 Å². The Kier molecular flexibility index (Phi) is 7.02. The Bertz CT molecular complexity index is 1330. The zero-order valence-electron chi connectivity index (χ0n) is 19.7. The maximum atomic E-state index is 11.6. The molecule has 0 unspecified atom stereocenters. The van der Waals surface area contributed by atoms with Crippen LogP contribution < -0.4 is 10.2 Å². The van der Waals surface area contributed by atoms with Gasteiger partial charge in [0.15, 0.2) is 0 Å². The van der Waals surface area contributed by atoms with Gasteiger partial charge in [-0.1, -0.05) is 60.3 Å². The molecule has 6 heteroatoms. The summed E-state index contributed by atoms with van der Waals surface area (Å²) in [7, 11) is 0. The van der Waals surface area contributed by atoms with Crippen LogP contribution in [0.1, 0.15) is 36.1 Å². The summed E-state index contributed by atoms with van der Waals surface area (Å²) in [4.78, 5) is 18.2. The van der Waals surface area contributed by atoms with Crippen molar-refractivity contribution in [1.29, 1.82) is 0 Å². The second-order valence-corrected chi connectivity index (χ2v) is 9.83. The molecule has 0 radical (unpaired) electrons. The Balaban J connectivity index is 1.33. The van der Waals surface area contributed by atoms with Crippen molar-refractivity contribution < 1.29 is 9.90 Å². The Morgan fingerprint density at radius 1 is 1.20 bits per heavy atom. The molecule has 1 saturated heterocycles. The second-order valence-electron chi connectivity index (χ2n) is 9.08. The summed E-state index contributed by atoms with van der Waals surface area (Å²) < 4.78 is 0. The first kappa shape index (κ1) is 23.4. The number of allylic oxidation sites excluding steroid dienone is 2. The molecule has 0 aromatic heterocycles. The lowest BCUT2D eigenvalue weighted by Gasteiger charge is -2.23. The minimum Gasteiger partial charge on any atom is -0.481 e. The number of nitrogens with zero attached hydrogens (tertiary/aromatic N) is 2. The fourth-order valence-corrected chi connectivity index (χ4v) is 5.49. The normalized spacial score (nSPS) is 18.5. The van der Waals surface area contributed by atoms with E-state index in [1.165, 1.54) is 28.1 Å². The number of carboxylic acids is 1. The topological polar surface area (TPSA) is 64.9 Å². The molecule has 0 aliphatic carbocycles. The van der Waals surface area contributed by atoms with Crippen LogP contribution in [-0.4, -0.2) is 35.8 Å². The van der Waals surface area contributed by atoms with Gasteiger partial charge in [-0.2, -0.15) is 0 Å². The molecule has 0 spiro atoms. The lowest BCUT2D eigenvalue weighted by Crippen LogP contribution is -2.34. The lowest BCUT2D eigenvalue weighted by atomic mass is 9.97. The van der Waals surface area contributed by atoms with Crippen LogP contribution in [0.15, 0.2) is 83.3 Å². The van der Waals surface area contributed by atoms with E-state index in [-0.39, 0.29) is 12.5 Å². The first-order valence-electron chi connectivity index (χ1n) is 12.0. The molecule has 0 bridgehead atoms. The summed E-state index contributed by atoms with van der Waals surface area (Å²) in [6.45, 7) is 4.07. The number of hydrogen-bond donors (Lipinski definition) is 2. The number of thioether (sulfide) groups is 1. The number of aliphatic imine (C=N–C) groups is 1. The first-order chi connectivity index (χ1) is 17.1. The molecule has 2 aliphatic rings. The summed E-state index contributed by atoms with van der Waals surface area (Å²) in [6, 6.07) is 21.8. The van der Waals surface area contributed by atoms with E-state index in [2.05, 4.69) is 70.7 Å². The zero-order valence-corrected chi connectivity index (χ0v) is 20.5. The molecule has 2 heterocycles. The maximum Gasteiger partial charge on any atom is 0.307 e. The Morgan fingerprint density at radius 3 is 2.94 bits per heavy atom. The third-order valence-electron chi connectivity index (χ3n) is 6.73. The van der Waals surface area contributed by atoms with Gasteiger partial charge in [0.2, 0.25) is 0 Å². The smallest absolute Gasteiger partial charge is 0.307 e. The third kappa shape index (κ3) is 5.34. The molecule has 3 aromatic rings. The SMILES string of the molecule is C[C@@H](N[C@H]1CCN(c2ccc(C3=CN=CSC=C3)c(CC(=O)O)c2)C1)c1cccc2ccccc12. The van der Waals surface area contributed by atoms with E-state index in [4.69, 9.17) is 0 Å². The van der Waals surface area contributed by atoms with Crippen molar-refractivity contribution in [3.8, 4) is 0 Å². The van der Waals surface area contributed by atoms with Crippen molar-refractivity contribution in [2.45, 2.75) is 31.8 Å². The highest BCUT2D eigenvalue weighted by Gasteiger charge is 2.25. The van der Waals surface area contributed by atoms with Crippen LogP contribution in [0.25, 0.3) is 16.3 Å². The number of rotatable bonds is 7. The fourth-order valence-electron chi connectivity index (χ4n) is 5.07. The molecule has 178 valence electrons. The molecule has 1 fully saturated rings. The second kappa shape index (κ2) is 10.5. The predicted octanol–water partition coefficient (Wildman–Crippen LogP) is 6.03. The average molecular weight is 484 g/mol. The number of benzene rings is 3. The zero-order chi connectivity index (χ0) is 24.2. The van der Waals surface area contributed by atoms with Gasteiger partial charge in [-0.05, 0) is 64.4 Å². The van der Waals surface area contributed by atoms with Crippen LogP contribution >= 0.6 is 11.8 Å². The van der Waals surface area contributed by atoms with Crippen molar-refractivity contribution in [2.75, 3.05) is 18.0 Å². The van der Waals surface area contributed by atoms with Crippen LogP contribution in [0.3, 0.4) is 0 Å². The first-order valence-corrected chi connectivity index (χ1v) is 12.9. The van der Waals surface area contributed by atoms with Crippen molar-refractivity contribution in [2.24, 2.45) is 4.99 Å². The summed E-state index contributed by atoms with van der Waals surface area (Å²) in [5.74, 6) is -0.829. The molecule has 2 aliphatic heterocycles. The summed E-state index contributed by atoms with van der Waals surface area (Å²) in [5, 5.41) is 17.9. The number of carbonyl (C=O) groups is 1. The van der Waals surface area contributed by atoms with E-state index in [0.717, 1.165) is 41.9 Å². The van der Waals surface area contributed by atoms with E-state index in [0.29, 0.717) is 6.04 Å². The van der Waals surface area contributed by atoms with Gasteiger partial charge < -0.3 is 15.3 Å². The molecular formula is C29H29N3O2S. The maximum absolute atomic E-state index is 11.6. The summed E-state index contributed by atoms with van der Waals surface area (Å²) >= 11 is 1.51. The highest BCUT2D eigenvalue weighted by molar-refractivity contribution is 8.14. The molecular weight excluding hydrogens is 454 g/mol. The average Bonchev–Trinajstić information content (AvgIpc) is 3.15. The van der Waals surface area contributed by atoms with Crippen molar-refractivity contribution >= 4 is 45.3 Å². The largest absolute Gasteiger partial charge is 0.481 e. The number of aliphatic carboxylic acids is 1. The number of fused-ring (bicyclic) bond motifs is 1. The highest BCUT2D eigenvalue weighted by atomic mass is 32.2. The fraction of sp³-hybridized carbons (Fsp3) is 0.241. The molecule has 35 heavy (non-hydrogen) atoms. The molecule has 0 saturated carbocycles. The molecule has 5 rings (SSSR count). The molecule has 5 nitrogen and oxygen atoms in total. The lowest BCUT2D eigenvalue weighted by molar-refractivity contribution is -0.136. The van der Waals surface area contributed by atoms with Crippen molar-refractivity contribution in [3.63, 3.8) is 0 Å². The minimum atomic E-state index is -0.829. The monoisotopic (exact) mass is 483 g/mol. The van der Waals surface area contributed by atoms with Gasteiger partial charge in [0.25, 0.3) is 0 Å². The molecule has 0 amide bonds. The van der Waals surface area contributed by atoms with Gasteiger partial charge in [-0.25, -0.2) is 0 Å². The summed E-state index contributed by atoms with van der Waals surface area (Å²) in [6.07, 6.45) is 4.81. The van der Waals surface area contributed by atoms with Crippen molar-refractivity contribution in [3.05, 3.63) is 95.0 Å². The van der Waals surface area contributed by atoms with Crippen LogP contribution in [0.5, 0.6) is 0 Å². The predicted molar refractivity (Wildman–Crippen MR) is 147 cm³/mol. The van der Waals surface area contributed by atoms with E-state index in [1.54, 1.807) is 11.7 Å². The number of carboxylic acid groups (broad SMARTS) is 1. The third-order valence-corrected chi connectivity index (χ3v) is 7.27. The highest BCUT2D eigenvalue weighted by Crippen LogP contribution is 2.31. The Labute approximate surface area is 210 Å². The standard InChI is InChI=1S/C29H29N3O2S/c1-20(26-8-4-6-21-5-2-3-7-28(21)26)31-24-11-13-32(18-24)25-9-10-27(23(15-25)16-29(33)34)22-12-14-35-19-30-17-22/h2-10,12,14-15,17,19-20,24,31H,11,13,16,18H2,1H3,(H,33,34)/t20-,24+/m1/s1. The molecule has 2 atom stereocenters. The Morgan fingerprint density at radius 2 is 2.06 bits per heavy atom. The van der Waals surface area contributed by atoms with Gasteiger partial charge in [0.05, 0.1) is 12.0 Å². The van der Waals surface area contributed by atoms with Gasteiger partial charge in [0.1, 0.15) is 0 Å². The van der Waals surface area contributed by atoms with Gasteiger partial charge in [-0.15, -0.1) is 0 Å². The van der Waals surface area contributed by atoms with Crippen LogP contribution in [-0.2, 0) is 11.2 Å². The number of anilines is 1. The summed E-state index contributed by atoms with van der Waals surface area (Å²) in [5.41, 5.74) is 6.83. The number of hydrogen-bond acceptors (Lipinski definition) is 5. The van der Waals surface area contributed by atoms with Crippen molar-refractivity contribution in [1.82, 2.24) is 5.32 Å². The minimum absolute atomic E-state index is 0.0150. The van der Waals surface area contributed by atoms with Crippen LogP contribution in [0.2, 0.25) is 0 Å². The van der Waals surface area contributed by atoms with Crippen LogP contribution in [0.4, 0.5) is 5.69 Å². The van der Waals surface area contributed by atoms with Gasteiger partial charge in [0, 0.05) is 42.6 Å². The van der Waals surface area contributed by atoms with Crippen LogP contribution in [0, 0.1) is 0 Å². The van der Waals surface area contributed by atoms with Gasteiger partial charge in [-0.3, -0.25) is 9.79 Å². The van der Waals surface area contributed by atoms with E-state index in [1.807, 2.05) is 23.6 Å². The van der Waals surface area contributed by atoms with E-state index in [9.17, 15) is 9.90 Å². The molecule has 2 N–H and O–H groups in total. The quantitative estimate of drug-likeness (QED) is 0.430. The van der Waals surface area contributed by atoms with E-state index >= 15 is 0 Å². The Hall–Kier alpha value is -3.35. The number of nitrogens with one attached hydrogen (secondary N) is 1. The van der Waals surface area contributed by atoms with E-state index < -0.39 is 5.97 Å².